The summed E-state index contributed by atoms with van der Waals surface area (Å²) in [6.07, 6.45) is 1.78. The van der Waals surface area contributed by atoms with Gasteiger partial charge in [0, 0.05) is 6.54 Å². The summed E-state index contributed by atoms with van der Waals surface area (Å²) in [5, 5.41) is 10.4. The Morgan fingerprint density at radius 2 is 2.06 bits per heavy atom. The van der Waals surface area contributed by atoms with Gasteiger partial charge in [-0.15, -0.1) is 16.4 Å². The lowest BCUT2D eigenvalue weighted by Crippen LogP contribution is -2.49. The molecule has 1 aliphatic heterocycles. The zero-order valence-electron chi connectivity index (χ0n) is 16.4. The second-order valence-electron chi connectivity index (χ2n) is 6.79. The highest BCUT2D eigenvalue weighted by Crippen LogP contribution is 2.33. The Kier molecular flexibility index (Phi) is 6.28. The van der Waals surface area contributed by atoms with Crippen LogP contribution in [0.3, 0.4) is 0 Å². The van der Waals surface area contributed by atoms with Gasteiger partial charge in [-0.1, -0.05) is 35.3 Å². The molecule has 1 unspecified atom stereocenters. The minimum atomic E-state index is -3.85. The number of para-hydroxylation sites is 1. The Bertz CT molecular complexity index is 1190. The number of nitrogens with zero attached hydrogens (tertiary/aromatic N) is 3. The molecule has 1 N–H and O–H groups in total. The molecule has 0 radical (unpaired) electrons. The number of piperidine rings is 1. The van der Waals surface area contributed by atoms with Gasteiger partial charge in [-0.3, -0.25) is 10.1 Å². The summed E-state index contributed by atoms with van der Waals surface area (Å²) in [4.78, 5) is 12.9. The van der Waals surface area contributed by atoms with Crippen molar-refractivity contribution in [3.05, 3.63) is 40.7 Å². The largest absolute Gasteiger partial charge is 0.496 e. The molecule has 9 nitrogen and oxygen atoms in total. The fourth-order valence-corrected chi connectivity index (χ4v) is 6.67. The molecule has 0 spiro atoms. The van der Waals surface area contributed by atoms with Gasteiger partial charge in [0.05, 0.1) is 17.0 Å². The van der Waals surface area contributed by atoms with Crippen molar-refractivity contribution in [1.82, 2.24) is 14.5 Å². The van der Waals surface area contributed by atoms with Crippen molar-refractivity contribution in [1.29, 1.82) is 0 Å². The quantitative estimate of drug-likeness (QED) is 0.570. The van der Waals surface area contributed by atoms with Crippen molar-refractivity contribution in [2.24, 2.45) is 0 Å². The van der Waals surface area contributed by atoms with Crippen LogP contribution in [-0.4, -0.2) is 48.5 Å². The van der Waals surface area contributed by atoms with Crippen molar-refractivity contribution in [2.45, 2.75) is 29.5 Å². The van der Waals surface area contributed by atoms with Crippen molar-refractivity contribution in [2.75, 3.05) is 19.0 Å². The molecule has 1 saturated heterocycles. The third kappa shape index (κ3) is 4.45. The van der Waals surface area contributed by atoms with Crippen molar-refractivity contribution in [3.8, 4) is 17.2 Å². The van der Waals surface area contributed by atoms with Crippen LogP contribution >= 0.6 is 22.9 Å². The number of nitrogens with one attached hydrogen (secondary N) is 1. The fraction of sp³-hybridized carbons (Fsp3) is 0.316. The number of halogens is 1. The number of hydrogen-bond donors (Lipinski definition) is 1. The summed E-state index contributed by atoms with van der Waals surface area (Å²) in [5.41, 5.74) is 0.578. The van der Waals surface area contributed by atoms with Gasteiger partial charge in [-0.05, 0) is 37.1 Å². The molecule has 1 atom stereocenters. The molecule has 1 fully saturated rings. The standard InChI is InChI=1S/C19H19ClN4O5S2/c1-28-14-8-3-2-6-12(14)18-22-23-19(29-18)21-17(25)13-7-4-5-11-24(13)31(26,27)16-10-9-15(20)30-16/h2-3,6,8-10,13H,4-5,7,11H2,1H3,(H,21,23,25). The number of hydrogen-bond acceptors (Lipinski definition) is 8. The molecule has 1 amide bonds. The van der Waals surface area contributed by atoms with E-state index in [4.69, 9.17) is 20.8 Å². The number of benzene rings is 1. The summed E-state index contributed by atoms with van der Waals surface area (Å²) in [6, 6.07) is 9.06. The summed E-state index contributed by atoms with van der Waals surface area (Å²) in [7, 11) is -2.33. The Hall–Kier alpha value is -2.47. The summed E-state index contributed by atoms with van der Waals surface area (Å²) >= 11 is 6.87. The molecule has 12 heteroatoms. The van der Waals surface area contributed by atoms with Gasteiger partial charge < -0.3 is 9.15 Å². The van der Waals surface area contributed by atoms with E-state index >= 15 is 0 Å². The van der Waals surface area contributed by atoms with Gasteiger partial charge >= 0.3 is 6.01 Å². The van der Waals surface area contributed by atoms with Crippen molar-refractivity contribution in [3.63, 3.8) is 0 Å². The Morgan fingerprint density at radius 1 is 1.26 bits per heavy atom. The van der Waals surface area contributed by atoms with E-state index in [1.165, 1.54) is 23.5 Å². The van der Waals surface area contributed by atoms with Gasteiger partial charge in [0.25, 0.3) is 15.9 Å². The molecule has 0 aliphatic carbocycles. The number of sulfonamides is 1. The minimum absolute atomic E-state index is 0.105. The lowest BCUT2D eigenvalue weighted by atomic mass is 10.0. The maximum absolute atomic E-state index is 13.1. The van der Waals surface area contributed by atoms with Crippen molar-refractivity contribution < 1.29 is 22.4 Å². The first-order chi connectivity index (χ1) is 14.9. The van der Waals surface area contributed by atoms with Crippen LogP contribution in [0.25, 0.3) is 11.5 Å². The normalized spacial score (nSPS) is 17.4. The molecule has 0 saturated carbocycles. The van der Waals surface area contributed by atoms with E-state index in [0.717, 1.165) is 17.8 Å². The lowest BCUT2D eigenvalue weighted by Gasteiger charge is -2.32. The number of aromatic nitrogens is 2. The second-order valence-corrected chi connectivity index (χ2v) is 10.6. The molecule has 4 rings (SSSR count). The number of ether oxygens (including phenoxy) is 1. The van der Waals surface area contributed by atoms with Gasteiger partial charge in [-0.2, -0.15) is 4.31 Å². The Labute approximate surface area is 188 Å². The average Bonchev–Trinajstić information content (AvgIpc) is 3.43. The molecule has 1 aliphatic rings. The maximum Gasteiger partial charge on any atom is 0.322 e. The van der Waals surface area contributed by atoms with Crippen LogP contribution in [0.5, 0.6) is 5.75 Å². The predicted octanol–water partition coefficient (Wildman–Crippen LogP) is 3.64. The molecule has 3 heterocycles. The van der Waals surface area contributed by atoms with Crippen molar-refractivity contribution >= 4 is 44.9 Å². The van der Waals surface area contributed by atoms with E-state index in [1.54, 1.807) is 24.3 Å². The van der Waals surface area contributed by atoms with Gasteiger partial charge in [0.2, 0.25) is 5.91 Å². The minimum Gasteiger partial charge on any atom is -0.496 e. The van der Waals surface area contributed by atoms with Gasteiger partial charge in [-0.25, -0.2) is 8.42 Å². The first kappa shape index (κ1) is 21.8. The molecule has 1 aromatic carbocycles. The number of anilines is 1. The summed E-state index contributed by atoms with van der Waals surface area (Å²) in [6.45, 7) is 0.242. The second kappa shape index (κ2) is 8.95. The number of rotatable bonds is 6. The fourth-order valence-electron chi connectivity index (χ4n) is 3.40. The van der Waals surface area contributed by atoms with E-state index in [9.17, 15) is 13.2 Å². The molecule has 3 aromatic rings. The van der Waals surface area contributed by atoms with Crippen LogP contribution in [0, 0.1) is 0 Å². The molecular weight excluding hydrogens is 464 g/mol. The Morgan fingerprint density at radius 3 is 2.81 bits per heavy atom. The van der Waals surface area contributed by atoms with Crippen LogP contribution in [-0.2, 0) is 14.8 Å². The molecule has 164 valence electrons. The molecule has 2 aromatic heterocycles. The predicted molar refractivity (Wildman–Crippen MR) is 116 cm³/mol. The topological polar surface area (TPSA) is 115 Å². The highest BCUT2D eigenvalue weighted by atomic mass is 35.5. The number of thiophene rings is 1. The Balaban J connectivity index is 1.54. The van der Waals surface area contributed by atoms with E-state index in [-0.39, 0.29) is 22.7 Å². The highest BCUT2D eigenvalue weighted by molar-refractivity contribution is 7.91. The molecule has 31 heavy (non-hydrogen) atoms. The van der Waals surface area contributed by atoms with Crippen LogP contribution < -0.4 is 10.1 Å². The van der Waals surface area contributed by atoms with E-state index in [1.807, 2.05) is 0 Å². The average molecular weight is 483 g/mol. The first-order valence-corrected chi connectivity index (χ1v) is 12.1. The van der Waals surface area contributed by atoms with Gasteiger partial charge in [0.1, 0.15) is 16.0 Å². The van der Waals surface area contributed by atoms with Crippen LogP contribution in [0.15, 0.2) is 45.0 Å². The zero-order chi connectivity index (χ0) is 22.0. The number of methoxy groups -OCH3 is 1. The summed E-state index contributed by atoms with van der Waals surface area (Å²) < 4.78 is 38.7. The third-order valence-electron chi connectivity index (χ3n) is 4.86. The maximum atomic E-state index is 13.1. The SMILES string of the molecule is COc1ccccc1-c1nnc(NC(=O)C2CCCCN2S(=O)(=O)c2ccc(Cl)s2)o1. The zero-order valence-corrected chi connectivity index (χ0v) is 18.8. The van der Waals surface area contributed by atoms with Crippen LogP contribution in [0.2, 0.25) is 4.34 Å². The lowest BCUT2D eigenvalue weighted by molar-refractivity contribution is -0.120. The van der Waals surface area contributed by atoms with E-state index in [0.29, 0.717) is 28.5 Å². The molecule has 0 bridgehead atoms. The van der Waals surface area contributed by atoms with Crippen LogP contribution in [0.4, 0.5) is 6.01 Å². The third-order valence-corrected chi connectivity index (χ3v) is 8.47. The smallest absolute Gasteiger partial charge is 0.322 e. The van der Waals surface area contributed by atoms with Gasteiger partial charge in [0.15, 0.2) is 0 Å². The number of amides is 1. The highest BCUT2D eigenvalue weighted by Gasteiger charge is 2.38. The van der Waals surface area contributed by atoms with E-state index in [2.05, 4.69) is 15.5 Å². The summed E-state index contributed by atoms with van der Waals surface area (Å²) in [5.74, 6) is 0.193. The molecular formula is C19H19ClN4O5S2. The van der Waals surface area contributed by atoms with E-state index < -0.39 is 22.0 Å². The number of carbonyl (C=O) groups excluding carboxylic acids is 1. The van der Waals surface area contributed by atoms with Crippen LogP contribution in [0.1, 0.15) is 19.3 Å². The first-order valence-electron chi connectivity index (χ1n) is 9.45. The monoisotopic (exact) mass is 482 g/mol. The number of carbonyl (C=O) groups is 1.